The van der Waals surface area contributed by atoms with Crippen LogP contribution in [0.4, 0.5) is 15.8 Å². The van der Waals surface area contributed by atoms with Crippen LogP contribution in [0, 0.1) is 15.9 Å². The molecule has 0 spiro atoms. The van der Waals surface area contributed by atoms with Gasteiger partial charge in [-0.05, 0) is 36.4 Å². The van der Waals surface area contributed by atoms with Crippen LogP contribution >= 0.6 is 34.7 Å². The van der Waals surface area contributed by atoms with E-state index in [4.69, 9.17) is 11.6 Å². The lowest BCUT2D eigenvalue weighted by Gasteiger charge is -2.05. The molecule has 4 aromatic rings. The summed E-state index contributed by atoms with van der Waals surface area (Å²) in [4.78, 5) is 27.6. The molecule has 0 aliphatic rings. The van der Waals surface area contributed by atoms with E-state index in [1.807, 2.05) is 0 Å². The first kappa shape index (κ1) is 21.2. The summed E-state index contributed by atoms with van der Waals surface area (Å²) in [5, 5.41) is 14.3. The Kier molecular flexibility index (Phi) is 6.17. The number of carbonyl (C=O) groups excluding carboxylic acids is 1. The number of nitro groups is 1. The second kappa shape index (κ2) is 9.01. The third-order valence-corrected chi connectivity index (χ3v) is 6.92. The van der Waals surface area contributed by atoms with Crippen LogP contribution in [-0.4, -0.2) is 15.8 Å². The first-order chi connectivity index (χ1) is 14.9. The van der Waals surface area contributed by atoms with Crippen molar-refractivity contribution in [3.05, 3.63) is 92.7 Å². The Hall–Kier alpha value is -3.01. The van der Waals surface area contributed by atoms with E-state index in [0.29, 0.717) is 26.4 Å². The minimum atomic E-state index is -0.591. The van der Waals surface area contributed by atoms with E-state index in [9.17, 15) is 19.3 Å². The highest BCUT2D eigenvalue weighted by Gasteiger charge is 2.18. The van der Waals surface area contributed by atoms with Crippen molar-refractivity contribution < 1.29 is 14.1 Å². The van der Waals surface area contributed by atoms with Crippen LogP contribution in [0.5, 0.6) is 0 Å². The number of halogens is 2. The van der Waals surface area contributed by atoms with Gasteiger partial charge in [0, 0.05) is 17.5 Å². The van der Waals surface area contributed by atoms with Gasteiger partial charge in [0.2, 0.25) is 0 Å². The zero-order valence-corrected chi connectivity index (χ0v) is 18.1. The van der Waals surface area contributed by atoms with Crippen molar-refractivity contribution >= 4 is 62.2 Å². The van der Waals surface area contributed by atoms with Crippen molar-refractivity contribution in [2.45, 2.75) is 10.1 Å². The highest BCUT2D eigenvalue weighted by Crippen LogP contribution is 2.36. The Balaban J connectivity index is 1.52. The molecule has 1 aromatic heterocycles. The average molecular weight is 474 g/mol. The number of rotatable bonds is 6. The molecule has 0 saturated heterocycles. The van der Waals surface area contributed by atoms with E-state index in [-0.39, 0.29) is 11.3 Å². The fourth-order valence-electron chi connectivity index (χ4n) is 2.88. The van der Waals surface area contributed by atoms with Crippen LogP contribution in [0.3, 0.4) is 0 Å². The van der Waals surface area contributed by atoms with Gasteiger partial charge in [-0.1, -0.05) is 41.6 Å². The molecule has 0 atom stereocenters. The Morgan fingerprint density at radius 1 is 1.19 bits per heavy atom. The number of thioether (sulfide) groups is 1. The molecule has 1 N–H and O–H groups in total. The summed E-state index contributed by atoms with van der Waals surface area (Å²) in [5.74, 6) is -0.832. The largest absolute Gasteiger partial charge is 0.322 e. The molecule has 156 valence electrons. The van der Waals surface area contributed by atoms with Crippen molar-refractivity contribution in [1.29, 1.82) is 0 Å². The predicted octanol–water partition coefficient (Wildman–Crippen LogP) is 6.54. The van der Waals surface area contributed by atoms with E-state index >= 15 is 0 Å². The molecule has 31 heavy (non-hydrogen) atoms. The number of nitro benzene ring substituents is 1. The predicted molar refractivity (Wildman–Crippen MR) is 122 cm³/mol. The van der Waals surface area contributed by atoms with Crippen LogP contribution in [-0.2, 0) is 5.75 Å². The third-order valence-electron chi connectivity index (χ3n) is 4.38. The summed E-state index contributed by atoms with van der Waals surface area (Å²) in [6.07, 6.45) is 0. The summed E-state index contributed by atoms with van der Waals surface area (Å²) in [6, 6.07) is 15.5. The molecule has 6 nitrogen and oxygen atoms in total. The normalized spacial score (nSPS) is 10.9. The van der Waals surface area contributed by atoms with Crippen molar-refractivity contribution in [1.82, 2.24) is 4.98 Å². The molecular formula is C21H13ClFN3O3S2. The van der Waals surface area contributed by atoms with Crippen molar-refractivity contribution in [3.63, 3.8) is 0 Å². The molecule has 0 saturated carbocycles. The van der Waals surface area contributed by atoms with Gasteiger partial charge in [0.25, 0.3) is 11.6 Å². The molecule has 0 aliphatic carbocycles. The molecule has 4 rings (SSSR count). The van der Waals surface area contributed by atoms with Gasteiger partial charge >= 0.3 is 0 Å². The number of thiazole rings is 1. The van der Waals surface area contributed by atoms with Crippen LogP contribution in [0.1, 0.15) is 15.9 Å². The van der Waals surface area contributed by atoms with Crippen molar-refractivity contribution in [2.75, 3.05) is 5.32 Å². The summed E-state index contributed by atoms with van der Waals surface area (Å²) < 4.78 is 15.3. The van der Waals surface area contributed by atoms with E-state index < -0.39 is 16.6 Å². The van der Waals surface area contributed by atoms with Gasteiger partial charge in [0.05, 0.1) is 31.3 Å². The zero-order valence-electron chi connectivity index (χ0n) is 15.7. The lowest BCUT2D eigenvalue weighted by atomic mass is 10.2. The fraction of sp³-hybridized carbons (Fsp3) is 0.0476. The molecule has 0 fully saturated rings. The quantitative estimate of drug-likeness (QED) is 0.195. The van der Waals surface area contributed by atoms with E-state index in [1.165, 1.54) is 47.4 Å². The van der Waals surface area contributed by atoms with Crippen LogP contribution in [0.15, 0.2) is 65.0 Å². The van der Waals surface area contributed by atoms with Gasteiger partial charge in [-0.15, -0.1) is 11.3 Å². The SMILES string of the molecule is O=C(Nc1ccc2nc(SCc3c(Cl)cccc3[N+](=O)[O-])sc2c1)c1ccccc1F. The molecule has 3 aromatic carbocycles. The van der Waals surface area contributed by atoms with Gasteiger partial charge in [-0.3, -0.25) is 14.9 Å². The molecule has 0 unspecified atom stereocenters. The first-order valence-corrected chi connectivity index (χ1v) is 11.1. The monoisotopic (exact) mass is 473 g/mol. The number of benzene rings is 3. The van der Waals surface area contributed by atoms with Crippen LogP contribution < -0.4 is 5.32 Å². The molecule has 0 aliphatic heterocycles. The number of nitrogens with one attached hydrogen (secondary N) is 1. The molecule has 10 heteroatoms. The van der Waals surface area contributed by atoms with E-state index in [2.05, 4.69) is 10.3 Å². The molecule has 0 radical (unpaired) electrons. The number of aromatic nitrogens is 1. The number of hydrogen-bond donors (Lipinski definition) is 1. The second-order valence-electron chi connectivity index (χ2n) is 6.38. The maximum absolute atomic E-state index is 13.8. The van der Waals surface area contributed by atoms with Crippen molar-refractivity contribution in [3.8, 4) is 0 Å². The maximum atomic E-state index is 13.8. The number of amides is 1. The van der Waals surface area contributed by atoms with Crippen LogP contribution in [0.2, 0.25) is 5.02 Å². The van der Waals surface area contributed by atoms with Gasteiger partial charge in [0.1, 0.15) is 5.82 Å². The topological polar surface area (TPSA) is 85.1 Å². The average Bonchev–Trinajstić information content (AvgIpc) is 3.15. The Bertz CT molecular complexity index is 1310. The van der Waals surface area contributed by atoms with E-state index in [0.717, 1.165) is 10.2 Å². The number of carbonyl (C=O) groups is 1. The molecule has 1 heterocycles. The van der Waals surface area contributed by atoms with Gasteiger partial charge in [0.15, 0.2) is 4.34 Å². The minimum Gasteiger partial charge on any atom is -0.322 e. The second-order valence-corrected chi connectivity index (χ2v) is 9.04. The first-order valence-electron chi connectivity index (χ1n) is 8.93. The Morgan fingerprint density at radius 2 is 2.00 bits per heavy atom. The number of anilines is 1. The number of hydrogen-bond acceptors (Lipinski definition) is 6. The van der Waals surface area contributed by atoms with Gasteiger partial charge in [-0.25, -0.2) is 9.37 Å². The van der Waals surface area contributed by atoms with Crippen LogP contribution in [0.25, 0.3) is 10.2 Å². The lowest BCUT2D eigenvalue weighted by molar-refractivity contribution is -0.385. The molecule has 0 bridgehead atoms. The summed E-state index contributed by atoms with van der Waals surface area (Å²) in [6.45, 7) is 0. The Morgan fingerprint density at radius 3 is 2.77 bits per heavy atom. The lowest BCUT2D eigenvalue weighted by Crippen LogP contribution is -2.13. The van der Waals surface area contributed by atoms with Gasteiger partial charge in [-0.2, -0.15) is 0 Å². The smallest absolute Gasteiger partial charge is 0.274 e. The highest BCUT2D eigenvalue weighted by atomic mass is 35.5. The fourth-order valence-corrected chi connectivity index (χ4v) is 5.35. The third kappa shape index (κ3) is 4.68. The molecular weight excluding hydrogens is 461 g/mol. The Labute approximate surface area is 189 Å². The summed E-state index contributed by atoms with van der Waals surface area (Å²) in [7, 11) is 0. The highest BCUT2D eigenvalue weighted by molar-refractivity contribution is 8.00. The standard InChI is InChI=1S/C21H13ClFN3O3S2/c22-15-5-3-7-18(26(28)29)14(15)11-30-21-25-17-9-8-12(10-19(17)31-21)24-20(27)13-4-1-2-6-16(13)23/h1-10H,11H2,(H,24,27). The number of fused-ring (bicyclic) bond motifs is 1. The van der Waals surface area contributed by atoms with E-state index in [1.54, 1.807) is 36.4 Å². The minimum absolute atomic E-state index is 0.0285. The maximum Gasteiger partial charge on any atom is 0.274 e. The van der Waals surface area contributed by atoms with Crippen molar-refractivity contribution in [2.24, 2.45) is 0 Å². The number of nitrogens with zero attached hydrogens (tertiary/aromatic N) is 2. The zero-order chi connectivity index (χ0) is 22.0. The summed E-state index contributed by atoms with van der Waals surface area (Å²) in [5.41, 5.74) is 1.62. The summed E-state index contributed by atoms with van der Waals surface area (Å²) >= 11 is 8.88. The van der Waals surface area contributed by atoms with Gasteiger partial charge < -0.3 is 5.32 Å². The molecule has 1 amide bonds.